The van der Waals surface area contributed by atoms with Crippen LogP contribution in [-0.4, -0.2) is 17.5 Å². The van der Waals surface area contributed by atoms with Gasteiger partial charge in [0.15, 0.2) is 5.78 Å². The minimum absolute atomic E-state index is 0.0556. The number of ketones is 1. The monoisotopic (exact) mass is 206 g/mol. The number of rotatable bonds is 0. The number of ether oxygens (including phenoxy) is 1. The Hall–Kier alpha value is -0.630. The molecule has 1 spiro atoms. The molecule has 0 N–H and O–H groups in total. The highest BCUT2D eigenvalue weighted by Gasteiger charge is 2.59. The fourth-order valence-corrected chi connectivity index (χ4v) is 3.69. The molecule has 2 heteroatoms. The first-order valence-electron chi connectivity index (χ1n) is 5.95. The van der Waals surface area contributed by atoms with Crippen molar-refractivity contribution in [2.75, 3.05) is 0 Å². The van der Waals surface area contributed by atoms with Gasteiger partial charge in [0.05, 0.1) is 11.7 Å². The van der Waals surface area contributed by atoms with Crippen molar-refractivity contribution in [3.63, 3.8) is 0 Å². The van der Waals surface area contributed by atoms with Gasteiger partial charge in [0, 0.05) is 11.8 Å². The van der Waals surface area contributed by atoms with Crippen LogP contribution < -0.4 is 0 Å². The molecule has 1 aliphatic heterocycles. The van der Waals surface area contributed by atoms with E-state index in [1.807, 2.05) is 0 Å². The molecule has 4 atom stereocenters. The molecule has 2 nitrogen and oxygen atoms in total. The molecule has 0 aromatic carbocycles. The van der Waals surface area contributed by atoms with Crippen LogP contribution in [0.1, 0.15) is 39.5 Å². The van der Waals surface area contributed by atoms with Gasteiger partial charge < -0.3 is 4.74 Å². The van der Waals surface area contributed by atoms with Crippen molar-refractivity contribution in [2.24, 2.45) is 11.3 Å². The smallest absolute Gasteiger partial charge is 0.156 e. The molecule has 2 aliphatic carbocycles. The number of carbonyl (C=O) groups excluding carboxylic acids is 1. The maximum absolute atomic E-state index is 11.5. The summed E-state index contributed by atoms with van der Waals surface area (Å²) >= 11 is 0. The zero-order valence-electron chi connectivity index (χ0n) is 9.45. The molecule has 82 valence electrons. The predicted octanol–water partition coefficient (Wildman–Crippen LogP) is 2.48. The van der Waals surface area contributed by atoms with Gasteiger partial charge in [0.1, 0.15) is 0 Å². The predicted molar refractivity (Wildman–Crippen MR) is 57.5 cm³/mol. The van der Waals surface area contributed by atoms with Gasteiger partial charge in [0.2, 0.25) is 0 Å². The van der Waals surface area contributed by atoms with E-state index in [1.54, 1.807) is 6.08 Å². The lowest BCUT2D eigenvalue weighted by Crippen LogP contribution is -2.49. The van der Waals surface area contributed by atoms with Crippen LogP contribution in [-0.2, 0) is 9.53 Å². The Kier molecular flexibility index (Phi) is 1.75. The Labute approximate surface area is 90.7 Å². The summed E-state index contributed by atoms with van der Waals surface area (Å²) < 4.78 is 6.19. The largest absolute Gasteiger partial charge is 0.367 e. The maximum Gasteiger partial charge on any atom is 0.156 e. The van der Waals surface area contributed by atoms with E-state index >= 15 is 0 Å². The molecule has 1 saturated heterocycles. The van der Waals surface area contributed by atoms with E-state index in [2.05, 4.69) is 19.9 Å². The second-order valence-electron chi connectivity index (χ2n) is 5.75. The van der Waals surface area contributed by atoms with Crippen LogP contribution in [0, 0.1) is 11.3 Å². The highest BCUT2D eigenvalue weighted by molar-refractivity contribution is 5.91. The highest BCUT2D eigenvalue weighted by atomic mass is 16.5. The number of hydrogen-bond donors (Lipinski definition) is 0. The Morgan fingerprint density at radius 1 is 1.53 bits per heavy atom. The fourth-order valence-electron chi connectivity index (χ4n) is 3.69. The average molecular weight is 206 g/mol. The maximum atomic E-state index is 11.5. The third kappa shape index (κ3) is 1.12. The minimum atomic E-state index is -0.122. The molecule has 0 radical (unpaired) electrons. The molecule has 0 amide bonds. The number of carbonyl (C=O) groups is 1. The fraction of sp³-hybridized carbons (Fsp3) is 0.769. The third-order valence-corrected chi connectivity index (χ3v) is 4.82. The Bertz CT molecular complexity index is 342. The molecular formula is C13H18O2. The van der Waals surface area contributed by atoms with E-state index < -0.39 is 0 Å². The third-order valence-electron chi connectivity index (χ3n) is 4.82. The first kappa shape index (κ1) is 9.59. The summed E-state index contributed by atoms with van der Waals surface area (Å²) in [6.07, 6.45) is 8.30. The summed E-state index contributed by atoms with van der Waals surface area (Å²) in [5.74, 6) is 0.973. The Morgan fingerprint density at radius 2 is 2.33 bits per heavy atom. The van der Waals surface area contributed by atoms with Crippen LogP contribution in [0.25, 0.3) is 0 Å². The van der Waals surface area contributed by atoms with E-state index in [4.69, 9.17) is 4.74 Å². The summed E-state index contributed by atoms with van der Waals surface area (Å²) in [7, 11) is 0. The topological polar surface area (TPSA) is 26.3 Å². The Balaban J connectivity index is 2.06. The molecule has 2 fully saturated rings. The Morgan fingerprint density at radius 3 is 3.13 bits per heavy atom. The summed E-state index contributed by atoms with van der Waals surface area (Å²) in [6.45, 7) is 4.40. The van der Waals surface area contributed by atoms with Gasteiger partial charge in [-0.3, -0.25) is 4.79 Å². The number of hydrogen-bond acceptors (Lipinski definition) is 2. The summed E-state index contributed by atoms with van der Waals surface area (Å²) in [5, 5.41) is 0. The van der Waals surface area contributed by atoms with E-state index in [-0.39, 0.29) is 16.8 Å². The molecule has 3 unspecified atom stereocenters. The molecule has 1 heterocycles. The van der Waals surface area contributed by atoms with Crippen LogP contribution in [0.5, 0.6) is 0 Å². The number of allylic oxidation sites excluding steroid dienone is 1. The van der Waals surface area contributed by atoms with Crippen molar-refractivity contribution in [3.8, 4) is 0 Å². The van der Waals surface area contributed by atoms with Crippen LogP contribution in [0.15, 0.2) is 12.2 Å². The van der Waals surface area contributed by atoms with Gasteiger partial charge >= 0.3 is 0 Å². The average Bonchev–Trinajstić information content (AvgIpc) is 2.45. The van der Waals surface area contributed by atoms with Crippen molar-refractivity contribution in [3.05, 3.63) is 12.2 Å². The van der Waals surface area contributed by atoms with E-state index in [9.17, 15) is 4.79 Å². The van der Waals surface area contributed by atoms with E-state index in [1.165, 1.54) is 6.42 Å². The van der Waals surface area contributed by atoms with Crippen LogP contribution in [0.4, 0.5) is 0 Å². The molecule has 1 saturated carbocycles. The highest BCUT2D eigenvalue weighted by Crippen LogP contribution is 2.58. The van der Waals surface area contributed by atoms with Crippen molar-refractivity contribution < 1.29 is 9.53 Å². The first-order valence-corrected chi connectivity index (χ1v) is 5.95. The lowest BCUT2D eigenvalue weighted by Gasteiger charge is -2.48. The van der Waals surface area contributed by atoms with E-state index in [0.717, 1.165) is 12.8 Å². The zero-order valence-corrected chi connectivity index (χ0v) is 9.45. The molecule has 0 aromatic rings. The van der Waals surface area contributed by atoms with Crippen molar-refractivity contribution >= 4 is 5.78 Å². The van der Waals surface area contributed by atoms with Crippen LogP contribution in [0.3, 0.4) is 0 Å². The normalized spacial score (nSPS) is 53.1. The summed E-state index contributed by atoms with van der Waals surface area (Å²) in [4.78, 5) is 11.5. The summed E-state index contributed by atoms with van der Waals surface area (Å²) in [5.41, 5.74) is -0.0661. The van der Waals surface area contributed by atoms with Gasteiger partial charge in [-0.2, -0.15) is 0 Å². The van der Waals surface area contributed by atoms with Gasteiger partial charge in [-0.05, 0) is 44.3 Å². The number of fused-ring (bicyclic) bond motifs is 1. The van der Waals surface area contributed by atoms with Gasteiger partial charge in [-0.25, -0.2) is 0 Å². The van der Waals surface area contributed by atoms with Crippen LogP contribution >= 0.6 is 0 Å². The van der Waals surface area contributed by atoms with Gasteiger partial charge in [-0.15, -0.1) is 0 Å². The van der Waals surface area contributed by atoms with Crippen molar-refractivity contribution in [1.29, 1.82) is 0 Å². The lowest BCUT2D eigenvalue weighted by molar-refractivity contribution is -0.129. The second kappa shape index (κ2) is 2.73. The lowest BCUT2D eigenvalue weighted by atomic mass is 9.58. The zero-order chi connectivity index (χ0) is 10.7. The van der Waals surface area contributed by atoms with Crippen molar-refractivity contribution in [1.82, 2.24) is 0 Å². The molecule has 2 bridgehead atoms. The minimum Gasteiger partial charge on any atom is -0.367 e. The standard InChI is InChI=1S/C13H18O2/c1-9-10-3-5-12(2)8-11(14)4-6-13(12,7-10)15-9/h4,6,9-10H,3,5,7-8H2,1-2H3/t9?,10?,12-,13?/m1/s1. The van der Waals surface area contributed by atoms with E-state index in [0.29, 0.717) is 18.4 Å². The first-order chi connectivity index (χ1) is 7.05. The SMILES string of the molecule is CC1OC23C=CC(=O)C[C@@]2(C)CCC1C3. The van der Waals surface area contributed by atoms with Crippen molar-refractivity contribution in [2.45, 2.75) is 51.2 Å². The quantitative estimate of drug-likeness (QED) is 0.608. The molecule has 0 aromatic heterocycles. The molecule has 15 heavy (non-hydrogen) atoms. The summed E-state index contributed by atoms with van der Waals surface area (Å²) in [6, 6.07) is 0. The van der Waals surface area contributed by atoms with Gasteiger partial charge in [-0.1, -0.05) is 6.92 Å². The second-order valence-corrected chi connectivity index (χ2v) is 5.75. The molecular weight excluding hydrogens is 188 g/mol. The van der Waals surface area contributed by atoms with Crippen LogP contribution in [0.2, 0.25) is 0 Å². The molecule has 3 rings (SSSR count). The molecule has 3 aliphatic rings. The van der Waals surface area contributed by atoms with Gasteiger partial charge in [0.25, 0.3) is 0 Å².